The Kier molecular flexibility index (Phi) is 4.17. The average Bonchev–Trinajstić information content (AvgIpc) is 3.09. The van der Waals surface area contributed by atoms with Crippen LogP contribution >= 0.6 is 11.3 Å². The van der Waals surface area contributed by atoms with Gasteiger partial charge in [0.15, 0.2) is 11.6 Å². The third kappa shape index (κ3) is 3.26. The summed E-state index contributed by atoms with van der Waals surface area (Å²) in [5.41, 5.74) is 3.19. The van der Waals surface area contributed by atoms with Gasteiger partial charge < -0.3 is 0 Å². The van der Waals surface area contributed by atoms with Gasteiger partial charge in [0.1, 0.15) is 0 Å². The van der Waals surface area contributed by atoms with E-state index >= 15 is 0 Å². The third-order valence-corrected chi connectivity index (χ3v) is 5.95. The highest BCUT2D eigenvalue weighted by atomic mass is 32.2. The molecule has 5 nitrogen and oxygen atoms in total. The second kappa shape index (κ2) is 5.99. The molecule has 1 heterocycles. The summed E-state index contributed by atoms with van der Waals surface area (Å²) in [5, 5.41) is 0. The number of hydrogen-bond donors (Lipinski definition) is 2. The van der Waals surface area contributed by atoms with Gasteiger partial charge in [0.25, 0.3) is 15.9 Å². The summed E-state index contributed by atoms with van der Waals surface area (Å²) in [5.74, 6) is -3.02. The third-order valence-electron chi connectivity index (χ3n) is 3.47. The molecule has 2 N–H and O–H groups in total. The Labute approximate surface area is 135 Å². The van der Waals surface area contributed by atoms with Crippen LogP contribution in [0.2, 0.25) is 0 Å². The number of benzene rings is 1. The van der Waals surface area contributed by atoms with E-state index in [2.05, 4.69) is 5.43 Å². The van der Waals surface area contributed by atoms with E-state index < -0.39 is 32.5 Å². The van der Waals surface area contributed by atoms with Crippen molar-refractivity contribution in [2.45, 2.75) is 24.2 Å². The van der Waals surface area contributed by atoms with E-state index in [-0.39, 0.29) is 0 Å². The van der Waals surface area contributed by atoms with E-state index in [1.807, 2.05) is 4.83 Å². The van der Waals surface area contributed by atoms with Crippen molar-refractivity contribution < 1.29 is 22.0 Å². The first-order valence-corrected chi connectivity index (χ1v) is 9.05. The number of thiophene rings is 1. The monoisotopic (exact) mass is 358 g/mol. The van der Waals surface area contributed by atoms with Crippen LogP contribution in [0.25, 0.3) is 0 Å². The summed E-state index contributed by atoms with van der Waals surface area (Å²) < 4.78 is 49.9. The first kappa shape index (κ1) is 16.0. The molecule has 1 aliphatic rings. The second-order valence-corrected chi connectivity index (χ2v) is 7.87. The average molecular weight is 358 g/mol. The minimum absolute atomic E-state index is 0.405. The van der Waals surface area contributed by atoms with Crippen LogP contribution in [0.3, 0.4) is 0 Å². The van der Waals surface area contributed by atoms with Gasteiger partial charge in [-0.25, -0.2) is 17.2 Å². The number of carbonyl (C=O) groups is 1. The quantitative estimate of drug-likeness (QED) is 0.823. The van der Waals surface area contributed by atoms with Crippen molar-refractivity contribution in [3.05, 3.63) is 51.2 Å². The SMILES string of the molecule is O=C(NNS(=O)(=O)c1ccc(F)c(F)c1)c1cc2c(s1)CCC2. The Bertz CT molecular complexity index is 857. The predicted octanol–water partition coefficient (Wildman–Crippen LogP) is 2.14. The van der Waals surface area contributed by atoms with Gasteiger partial charge in [-0.1, -0.05) is 0 Å². The molecule has 0 unspecified atom stereocenters. The summed E-state index contributed by atoms with van der Waals surface area (Å²) in [6.07, 6.45) is 2.90. The predicted molar refractivity (Wildman–Crippen MR) is 80.5 cm³/mol. The lowest BCUT2D eigenvalue weighted by atomic mass is 10.2. The van der Waals surface area contributed by atoms with Crippen LogP contribution in [-0.4, -0.2) is 14.3 Å². The molecule has 0 aliphatic heterocycles. The van der Waals surface area contributed by atoms with Crippen molar-refractivity contribution in [2.75, 3.05) is 0 Å². The number of sulfonamides is 1. The van der Waals surface area contributed by atoms with E-state index in [0.29, 0.717) is 17.0 Å². The smallest absolute Gasteiger partial charge is 0.273 e. The molecule has 1 amide bonds. The Morgan fingerprint density at radius 3 is 2.61 bits per heavy atom. The minimum atomic E-state index is -4.18. The van der Waals surface area contributed by atoms with Crippen LogP contribution in [0.1, 0.15) is 26.5 Å². The summed E-state index contributed by atoms with van der Waals surface area (Å²) in [4.78, 5) is 14.9. The maximum atomic E-state index is 13.1. The van der Waals surface area contributed by atoms with Crippen molar-refractivity contribution in [1.29, 1.82) is 0 Å². The molecule has 0 radical (unpaired) electrons. The van der Waals surface area contributed by atoms with Gasteiger partial charge >= 0.3 is 0 Å². The maximum absolute atomic E-state index is 13.1. The molecule has 0 atom stereocenters. The van der Waals surface area contributed by atoms with Crippen molar-refractivity contribution in [1.82, 2.24) is 10.3 Å². The number of amides is 1. The van der Waals surface area contributed by atoms with Gasteiger partial charge in [-0.15, -0.1) is 16.2 Å². The fourth-order valence-corrected chi connectivity index (χ4v) is 4.32. The van der Waals surface area contributed by atoms with E-state index in [1.54, 1.807) is 6.07 Å². The molecule has 9 heteroatoms. The number of aryl methyl sites for hydroxylation is 2. The molecule has 23 heavy (non-hydrogen) atoms. The highest BCUT2D eigenvalue weighted by molar-refractivity contribution is 7.89. The number of rotatable bonds is 4. The van der Waals surface area contributed by atoms with Crippen molar-refractivity contribution in [3.63, 3.8) is 0 Å². The second-order valence-electron chi connectivity index (χ2n) is 5.05. The Balaban J connectivity index is 1.70. The molecule has 122 valence electrons. The molecule has 2 aromatic rings. The first-order chi connectivity index (χ1) is 10.9. The zero-order chi connectivity index (χ0) is 16.6. The fourth-order valence-electron chi connectivity index (χ4n) is 2.32. The van der Waals surface area contributed by atoms with Gasteiger partial charge in [0.05, 0.1) is 9.77 Å². The molecular formula is C14H12F2N2O3S2. The van der Waals surface area contributed by atoms with Crippen LogP contribution in [0, 0.1) is 11.6 Å². The summed E-state index contributed by atoms with van der Waals surface area (Å²) in [7, 11) is -4.18. The van der Waals surface area contributed by atoms with Crippen LogP contribution in [0.4, 0.5) is 8.78 Å². The standard InChI is InChI=1S/C14H12F2N2O3S2/c15-10-5-4-9(7-11(10)16)23(20,21)18-17-14(19)13-6-8-2-1-3-12(8)22-13/h4-7,18H,1-3H2,(H,17,19). The van der Waals surface area contributed by atoms with Gasteiger partial charge in [-0.3, -0.25) is 10.2 Å². The summed E-state index contributed by atoms with van der Waals surface area (Å²) >= 11 is 1.32. The molecule has 0 fully saturated rings. The van der Waals surface area contributed by atoms with Crippen molar-refractivity contribution in [2.24, 2.45) is 0 Å². The minimum Gasteiger partial charge on any atom is -0.273 e. The number of hydrazine groups is 1. The fraction of sp³-hybridized carbons (Fsp3) is 0.214. The zero-order valence-corrected chi connectivity index (χ0v) is 13.4. The number of fused-ring (bicyclic) bond motifs is 1. The lowest BCUT2D eigenvalue weighted by molar-refractivity contribution is 0.0949. The normalized spacial score (nSPS) is 13.8. The number of hydrogen-bond acceptors (Lipinski definition) is 4. The molecule has 0 bridgehead atoms. The first-order valence-electron chi connectivity index (χ1n) is 6.75. The molecule has 1 aromatic carbocycles. The molecule has 0 saturated heterocycles. The van der Waals surface area contributed by atoms with E-state index in [1.165, 1.54) is 11.3 Å². The van der Waals surface area contributed by atoms with Gasteiger partial charge in [-0.05, 0) is 49.1 Å². The number of carbonyl (C=O) groups excluding carboxylic acids is 1. The van der Waals surface area contributed by atoms with E-state index in [9.17, 15) is 22.0 Å². The van der Waals surface area contributed by atoms with Crippen LogP contribution < -0.4 is 10.3 Å². The molecule has 1 aliphatic carbocycles. The Morgan fingerprint density at radius 1 is 1.13 bits per heavy atom. The van der Waals surface area contributed by atoms with Gasteiger partial charge in [0, 0.05) is 4.88 Å². The Hall–Kier alpha value is -1.84. The highest BCUT2D eigenvalue weighted by Crippen LogP contribution is 2.30. The highest BCUT2D eigenvalue weighted by Gasteiger charge is 2.21. The summed E-state index contributed by atoms with van der Waals surface area (Å²) in [6, 6.07) is 3.90. The largest absolute Gasteiger partial charge is 0.276 e. The molecular weight excluding hydrogens is 346 g/mol. The van der Waals surface area contributed by atoms with Crippen LogP contribution in [0.15, 0.2) is 29.2 Å². The molecule has 0 saturated carbocycles. The number of nitrogens with one attached hydrogen (secondary N) is 2. The lowest BCUT2D eigenvalue weighted by Gasteiger charge is -2.08. The van der Waals surface area contributed by atoms with Gasteiger partial charge in [0.2, 0.25) is 0 Å². The van der Waals surface area contributed by atoms with Crippen molar-refractivity contribution >= 4 is 27.3 Å². The molecule has 0 spiro atoms. The van der Waals surface area contributed by atoms with E-state index in [0.717, 1.165) is 35.8 Å². The molecule has 1 aromatic heterocycles. The summed E-state index contributed by atoms with van der Waals surface area (Å²) in [6.45, 7) is 0. The van der Waals surface area contributed by atoms with E-state index in [4.69, 9.17) is 0 Å². The topological polar surface area (TPSA) is 75.3 Å². The van der Waals surface area contributed by atoms with Crippen LogP contribution in [0.5, 0.6) is 0 Å². The van der Waals surface area contributed by atoms with Crippen LogP contribution in [-0.2, 0) is 22.9 Å². The lowest BCUT2D eigenvalue weighted by Crippen LogP contribution is -2.41. The number of halogens is 2. The molecule has 3 rings (SSSR count). The van der Waals surface area contributed by atoms with Crippen molar-refractivity contribution in [3.8, 4) is 0 Å². The van der Waals surface area contributed by atoms with Gasteiger partial charge in [-0.2, -0.15) is 0 Å². The Morgan fingerprint density at radius 2 is 1.91 bits per heavy atom. The zero-order valence-electron chi connectivity index (χ0n) is 11.7. The maximum Gasteiger partial charge on any atom is 0.276 e.